The maximum atomic E-state index is 13.1. The summed E-state index contributed by atoms with van der Waals surface area (Å²) in [6.07, 6.45) is 0.777. The topological polar surface area (TPSA) is 242 Å². The van der Waals surface area contributed by atoms with Gasteiger partial charge < -0.3 is 36.9 Å². The van der Waals surface area contributed by atoms with E-state index in [1.54, 1.807) is 24.3 Å². The molecule has 1 rings (SSSR count). The first-order chi connectivity index (χ1) is 18.8. The Bertz CT molecular complexity index is 1200. The van der Waals surface area contributed by atoms with Gasteiger partial charge in [-0.3, -0.25) is 24.4 Å². The van der Waals surface area contributed by atoms with Crippen molar-refractivity contribution in [3.63, 3.8) is 0 Å². The van der Waals surface area contributed by atoms with Gasteiger partial charge >= 0.3 is 5.97 Å². The first-order valence-corrected chi connectivity index (χ1v) is 13.9. The van der Waals surface area contributed by atoms with Gasteiger partial charge in [-0.2, -0.15) is 0 Å². The molecular weight excluding hydrogens is 544 g/mol. The van der Waals surface area contributed by atoms with Crippen molar-refractivity contribution in [2.24, 2.45) is 27.2 Å². The zero-order chi connectivity index (χ0) is 30.3. The Hall–Kier alpha value is -4.05. The lowest BCUT2D eigenvalue weighted by Crippen LogP contribution is -2.51. The first-order valence-electron chi connectivity index (χ1n) is 12.2. The summed E-state index contributed by atoms with van der Waals surface area (Å²) < 4.78 is 32.9. The molecule has 0 aromatic heterocycles. The summed E-state index contributed by atoms with van der Waals surface area (Å²) in [5, 5.41) is 2.49. The van der Waals surface area contributed by atoms with E-state index < -0.39 is 52.2 Å². The quantitative estimate of drug-likeness (QED) is 0.0443. The predicted octanol–water partition coefficient (Wildman–Crippen LogP) is -2.04. The number of benzene rings is 1. The standard InChI is InChI=1S/C24H38N8O7S/c1-28-22(25)17-7-4-6-16(12-17)15-40(37,38)31-19(9-10-21(35)39-3)23(36)32(2)13-20(34)30-18(14-33)8-5-11-29-24(26)27/h4,6-7,12,14,18-19,31H,5,8-11,13,15H2,1-3H3,(H2,25,28)(H,30,34)(H4,26,27,29). The molecule has 0 aliphatic rings. The Morgan fingerprint density at radius 2 is 1.88 bits per heavy atom. The smallest absolute Gasteiger partial charge is 0.305 e. The Morgan fingerprint density at radius 3 is 2.48 bits per heavy atom. The lowest BCUT2D eigenvalue weighted by molar-refractivity contribution is -0.141. The van der Waals surface area contributed by atoms with Crippen LogP contribution < -0.4 is 27.2 Å². The van der Waals surface area contributed by atoms with Gasteiger partial charge in [-0.25, -0.2) is 13.1 Å². The van der Waals surface area contributed by atoms with Crippen LogP contribution in [0.25, 0.3) is 0 Å². The number of carbonyl (C=O) groups is 4. The van der Waals surface area contributed by atoms with Crippen molar-refractivity contribution in [2.45, 2.75) is 43.5 Å². The number of hydrogen-bond acceptors (Lipinski definition) is 9. The number of rotatable bonds is 17. The van der Waals surface area contributed by atoms with Crippen LogP contribution >= 0.6 is 0 Å². The number of guanidine groups is 1. The molecule has 0 saturated carbocycles. The van der Waals surface area contributed by atoms with Crippen LogP contribution in [0, 0.1) is 0 Å². The third kappa shape index (κ3) is 12.7. The minimum atomic E-state index is -4.09. The maximum absolute atomic E-state index is 13.1. The summed E-state index contributed by atoms with van der Waals surface area (Å²) in [6, 6.07) is 4.24. The van der Waals surface area contributed by atoms with Crippen LogP contribution in [0.5, 0.6) is 0 Å². The van der Waals surface area contributed by atoms with Gasteiger partial charge in [0.25, 0.3) is 0 Å². The molecule has 2 atom stereocenters. The van der Waals surface area contributed by atoms with Crippen molar-refractivity contribution in [3.05, 3.63) is 35.4 Å². The number of nitrogens with zero attached hydrogens (tertiary/aromatic N) is 3. The van der Waals surface area contributed by atoms with Crippen LogP contribution in [0.4, 0.5) is 0 Å². The number of sulfonamides is 1. The fraction of sp³-hybridized carbons (Fsp3) is 0.500. The van der Waals surface area contributed by atoms with Gasteiger partial charge in [0, 0.05) is 32.6 Å². The molecule has 16 heteroatoms. The molecule has 222 valence electrons. The molecule has 1 aromatic rings. The van der Waals surface area contributed by atoms with Gasteiger partial charge in [0.1, 0.15) is 18.2 Å². The monoisotopic (exact) mass is 582 g/mol. The summed E-state index contributed by atoms with van der Waals surface area (Å²) in [5.41, 5.74) is 17.2. The minimum Gasteiger partial charge on any atom is -0.469 e. The fourth-order valence-corrected chi connectivity index (χ4v) is 4.88. The van der Waals surface area contributed by atoms with Crippen molar-refractivity contribution >= 4 is 45.9 Å². The molecule has 0 bridgehead atoms. The van der Waals surface area contributed by atoms with E-state index in [4.69, 9.17) is 17.2 Å². The average Bonchev–Trinajstić information content (AvgIpc) is 2.91. The molecule has 0 aliphatic heterocycles. The van der Waals surface area contributed by atoms with Gasteiger partial charge in [0.2, 0.25) is 21.8 Å². The third-order valence-corrected chi connectivity index (χ3v) is 6.90. The van der Waals surface area contributed by atoms with Crippen LogP contribution in [0.15, 0.2) is 34.3 Å². The molecule has 0 fully saturated rings. The Morgan fingerprint density at radius 1 is 1.18 bits per heavy atom. The molecule has 2 unspecified atom stereocenters. The largest absolute Gasteiger partial charge is 0.469 e. The number of ether oxygens (including phenoxy) is 1. The number of aliphatic imine (C=N–C) groups is 2. The van der Waals surface area contributed by atoms with Crippen molar-refractivity contribution in [1.82, 2.24) is 14.9 Å². The predicted molar refractivity (Wildman–Crippen MR) is 149 cm³/mol. The SMILES string of the molecule is CN=C(N)c1cccc(CS(=O)(=O)NC(CCC(=O)OC)C(=O)N(C)CC(=O)NC(C=O)CCCN=C(N)N)c1. The second-order valence-corrected chi connectivity index (χ2v) is 10.6. The van der Waals surface area contributed by atoms with Gasteiger partial charge in [-0.15, -0.1) is 0 Å². The first kappa shape index (κ1) is 34.0. The van der Waals surface area contributed by atoms with Crippen LogP contribution in [0.2, 0.25) is 0 Å². The van der Waals surface area contributed by atoms with E-state index in [2.05, 4.69) is 24.8 Å². The van der Waals surface area contributed by atoms with Crippen molar-refractivity contribution < 1.29 is 32.3 Å². The fourth-order valence-electron chi connectivity index (χ4n) is 3.53. The van der Waals surface area contributed by atoms with Crippen LogP contribution in [-0.4, -0.2) is 95.6 Å². The van der Waals surface area contributed by atoms with Crippen LogP contribution in [-0.2, 0) is 39.7 Å². The average molecular weight is 583 g/mol. The lowest BCUT2D eigenvalue weighted by Gasteiger charge is -2.24. The van der Waals surface area contributed by atoms with Crippen LogP contribution in [0.1, 0.15) is 36.8 Å². The number of nitrogens with one attached hydrogen (secondary N) is 2. The molecule has 8 N–H and O–H groups in total. The van der Waals surface area contributed by atoms with Gasteiger partial charge in [-0.1, -0.05) is 18.2 Å². The highest BCUT2D eigenvalue weighted by Crippen LogP contribution is 2.12. The number of carbonyl (C=O) groups excluding carboxylic acids is 4. The Balaban J connectivity index is 2.93. The van der Waals surface area contributed by atoms with Gasteiger partial charge in [-0.05, 0) is 30.9 Å². The summed E-state index contributed by atoms with van der Waals surface area (Å²) >= 11 is 0. The van der Waals surface area contributed by atoms with Crippen molar-refractivity contribution in [1.29, 1.82) is 0 Å². The number of nitrogens with two attached hydrogens (primary N) is 3. The molecular formula is C24H38N8O7S. The van der Waals surface area contributed by atoms with Gasteiger partial charge in [0.05, 0.1) is 25.4 Å². The van der Waals surface area contributed by atoms with E-state index in [1.165, 1.54) is 21.2 Å². The highest BCUT2D eigenvalue weighted by molar-refractivity contribution is 7.88. The number of esters is 1. The number of amidine groups is 1. The second-order valence-electron chi connectivity index (χ2n) is 8.81. The summed E-state index contributed by atoms with van der Waals surface area (Å²) in [5.74, 6) is -2.39. The summed E-state index contributed by atoms with van der Waals surface area (Å²) in [6.45, 7) is -0.196. The summed E-state index contributed by atoms with van der Waals surface area (Å²) in [7, 11) is -0.126. The molecule has 0 radical (unpaired) electrons. The van der Waals surface area contributed by atoms with E-state index in [-0.39, 0.29) is 37.6 Å². The zero-order valence-corrected chi connectivity index (χ0v) is 23.6. The van der Waals surface area contributed by atoms with E-state index in [1.807, 2.05) is 0 Å². The van der Waals surface area contributed by atoms with Crippen molar-refractivity contribution in [2.75, 3.05) is 34.3 Å². The number of aldehydes is 1. The zero-order valence-electron chi connectivity index (χ0n) is 22.8. The van der Waals surface area contributed by atoms with Crippen LogP contribution in [0.3, 0.4) is 0 Å². The van der Waals surface area contributed by atoms with E-state index in [0.29, 0.717) is 23.8 Å². The molecule has 15 nitrogen and oxygen atoms in total. The highest BCUT2D eigenvalue weighted by Gasteiger charge is 2.29. The van der Waals surface area contributed by atoms with E-state index >= 15 is 0 Å². The second kappa shape index (κ2) is 16.8. The lowest BCUT2D eigenvalue weighted by atomic mass is 10.1. The minimum absolute atomic E-state index is 0.0895. The number of hydrogen-bond donors (Lipinski definition) is 5. The molecule has 0 spiro atoms. The molecule has 0 aliphatic carbocycles. The number of amides is 2. The molecule has 1 aromatic carbocycles. The molecule has 0 saturated heterocycles. The number of methoxy groups -OCH3 is 1. The Kier molecular flexibility index (Phi) is 14.3. The summed E-state index contributed by atoms with van der Waals surface area (Å²) in [4.78, 5) is 57.4. The van der Waals surface area contributed by atoms with E-state index in [0.717, 1.165) is 4.90 Å². The third-order valence-electron chi connectivity index (χ3n) is 5.54. The van der Waals surface area contributed by atoms with Gasteiger partial charge in [0.15, 0.2) is 5.96 Å². The normalized spacial score (nSPS) is 13.0. The highest BCUT2D eigenvalue weighted by atomic mass is 32.2. The molecule has 2 amide bonds. The number of likely N-dealkylation sites (N-methyl/N-ethyl adjacent to an activating group) is 1. The Labute approximate surface area is 233 Å². The molecule has 0 heterocycles. The van der Waals surface area contributed by atoms with Crippen molar-refractivity contribution in [3.8, 4) is 0 Å². The maximum Gasteiger partial charge on any atom is 0.305 e. The van der Waals surface area contributed by atoms with E-state index in [9.17, 15) is 27.6 Å². The molecule has 40 heavy (non-hydrogen) atoms.